The fourth-order valence-electron chi connectivity index (χ4n) is 3.64. The van der Waals surface area contributed by atoms with Gasteiger partial charge in [0.05, 0.1) is 17.8 Å². The third-order valence-corrected chi connectivity index (χ3v) is 4.92. The second kappa shape index (κ2) is 6.61. The lowest BCUT2D eigenvalue weighted by Gasteiger charge is -2.35. The molecule has 0 bridgehead atoms. The minimum Gasteiger partial charge on any atom is -0.375 e. The molecule has 1 aromatic carbocycles. The van der Waals surface area contributed by atoms with Crippen LogP contribution in [-0.4, -0.2) is 38.9 Å². The summed E-state index contributed by atoms with van der Waals surface area (Å²) in [7, 11) is 0. The predicted molar refractivity (Wildman–Crippen MR) is 100 cm³/mol. The molecule has 0 saturated carbocycles. The zero-order valence-electron chi connectivity index (χ0n) is 15.2. The van der Waals surface area contributed by atoms with E-state index in [1.165, 1.54) is 5.39 Å². The number of hydrogen-bond acceptors (Lipinski definition) is 3. The van der Waals surface area contributed by atoms with Crippen molar-refractivity contribution in [2.75, 3.05) is 6.61 Å². The number of para-hydroxylation sites is 1. The summed E-state index contributed by atoms with van der Waals surface area (Å²) in [6.45, 7) is 5.43. The fraction of sp³-hybridized carbons (Fsp3) is 0.400. The van der Waals surface area contributed by atoms with E-state index in [0.717, 1.165) is 24.1 Å². The molecule has 0 unspecified atom stereocenters. The summed E-state index contributed by atoms with van der Waals surface area (Å²) in [6.07, 6.45) is 3.70. The van der Waals surface area contributed by atoms with E-state index in [1.54, 1.807) is 0 Å². The number of H-pyrrole nitrogens is 1. The Bertz CT molecular complexity index is 925. The van der Waals surface area contributed by atoms with Crippen molar-refractivity contribution in [3.05, 3.63) is 54.0 Å². The molecule has 2 aromatic heterocycles. The average molecular weight is 352 g/mol. The van der Waals surface area contributed by atoms with E-state index in [-0.39, 0.29) is 17.6 Å². The molecule has 1 atom stereocenters. The Morgan fingerprint density at radius 1 is 1.38 bits per heavy atom. The summed E-state index contributed by atoms with van der Waals surface area (Å²) in [5, 5.41) is 11.5. The van der Waals surface area contributed by atoms with Crippen molar-refractivity contribution in [3.63, 3.8) is 0 Å². The summed E-state index contributed by atoms with van der Waals surface area (Å²) < 4.78 is 7.85. The maximum Gasteiger partial charge on any atom is 0.271 e. The van der Waals surface area contributed by atoms with Crippen LogP contribution in [0.2, 0.25) is 0 Å². The van der Waals surface area contributed by atoms with Crippen molar-refractivity contribution in [1.29, 1.82) is 0 Å². The van der Waals surface area contributed by atoms with Crippen LogP contribution in [0, 0.1) is 0 Å². The Hall–Kier alpha value is -2.60. The number of carbonyl (C=O) groups is 1. The van der Waals surface area contributed by atoms with E-state index in [2.05, 4.69) is 58.3 Å². The molecular formula is C20H24N4O2. The Labute approximate surface area is 152 Å². The average Bonchev–Trinajstić information content (AvgIpc) is 3.22. The Balaban J connectivity index is 1.43. The number of hydrogen-bond donors (Lipinski definition) is 2. The zero-order chi connectivity index (χ0) is 18.1. The van der Waals surface area contributed by atoms with Gasteiger partial charge in [0.2, 0.25) is 0 Å². The molecule has 6 heteroatoms. The second-order valence-electron chi connectivity index (χ2n) is 7.55. The highest BCUT2D eigenvalue weighted by Gasteiger charge is 2.30. The number of ether oxygens (including phenoxy) is 1. The number of amides is 1. The van der Waals surface area contributed by atoms with Gasteiger partial charge in [0.15, 0.2) is 0 Å². The normalized spacial score (nSPS) is 19.5. The molecule has 1 saturated heterocycles. The first-order valence-electron chi connectivity index (χ1n) is 9.03. The number of rotatable bonds is 4. The fourth-order valence-corrected chi connectivity index (χ4v) is 3.64. The number of nitrogens with one attached hydrogen (secondary N) is 2. The summed E-state index contributed by atoms with van der Waals surface area (Å²) in [4.78, 5) is 12.5. The van der Waals surface area contributed by atoms with Crippen LogP contribution >= 0.6 is 0 Å². The van der Waals surface area contributed by atoms with Crippen molar-refractivity contribution >= 4 is 16.8 Å². The van der Waals surface area contributed by atoms with Crippen molar-refractivity contribution in [2.45, 2.75) is 44.9 Å². The van der Waals surface area contributed by atoms with Crippen molar-refractivity contribution in [3.8, 4) is 0 Å². The van der Waals surface area contributed by atoms with Gasteiger partial charge in [-0.05, 0) is 50.3 Å². The largest absolute Gasteiger partial charge is 0.375 e. The number of aromatic amines is 1. The predicted octanol–water partition coefficient (Wildman–Crippen LogP) is 3.10. The van der Waals surface area contributed by atoms with E-state index < -0.39 is 0 Å². The topological polar surface area (TPSA) is 71.9 Å². The number of nitrogens with zero attached hydrogens (tertiary/aromatic N) is 2. The van der Waals surface area contributed by atoms with Gasteiger partial charge >= 0.3 is 0 Å². The van der Waals surface area contributed by atoms with Gasteiger partial charge in [0.25, 0.3) is 5.91 Å². The first-order valence-corrected chi connectivity index (χ1v) is 9.03. The lowest BCUT2D eigenvalue weighted by molar-refractivity contribution is -0.0615. The van der Waals surface area contributed by atoms with Gasteiger partial charge < -0.3 is 14.6 Å². The molecule has 1 aliphatic rings. The highest BCUT2D eigenvalue weighted by Crippen LogP contribution is 2.24. The van der Waals surface area contributed by atoms with Gasteiger partial charge in [0.1, 0.15) is 5.69 Å². The molecule has 3 heterocycles. The van der Waals surface area contributed by atoms with Crippen LogP contribution in [0.3, 0.4) is 0 Å². The Kier molecular flexibility index (Phi) is 4.28. The smallest absolute Gasteiger partial charge is 0.271 e. The SMILES string of the molecule is CC1(C)C[C@@H](NC(=O)c2cc(Cn3ccc4ccccc43)[nH]n2)CCO1. The summed E-state index contributed by atoms with van der Waals surface area (Å²) in [5.74, 6) is -0.132. The van der Waals surface area contributed by atoms with E-state index in [4.69, 9.17) is 4.74 Å². The van der Waals surface area contributed by atoms with E-state index in [1.807, 2.05) is 18.2 Å². The zero-order valence-corrected chi connectivity index (χ0v) is 15.2. The molecular weight excluding hydrogens is 328 g/mol. The third kappa shape index (κ3) is 3.51. The van der Waals surface area contributed by atoms with Crippen molar-refractivity contribution in [1.82, 2.24) is 20.1 Å². The van der Waals surface area contributed by atoms with E-state index in [0.29, 0.717) is 18.8 Å². The van der Waals surface area contributed by atoms with Crippen LogP contribution in [-0.2, 0) is 11.3 Å². The van der Waals surface area contributed by atoms with E-state index in [9.17, 15) is 4.79 Å². The third-order valence-electron chi connectivity index (χ3n) is 4.92. The molecule has 6 nitrogen and oxygen atoms in total. The summed E-state index contributed by atoms with van der Waals surface area (Å²) >= 11 is 0. The van der Waals surface area contributed by atoms with Crippen molar-refractivity contribution in [2.24, 2.45) is 0 Å². The number of aromatic nitrogens is 3. The summed E-state index contributed by atoms with van der Waals surface area (Å²) in [5.41, 5.74) is 2.31. The molecule has 1 amide bonds. The van der Waals surface area contributed by atoms with Crippen LogP contribution in [0.25, 0.3) is 10.9 Å². The minimum absolute atomic E-state index is 0.125. The molecule has 2 N–H and O–H groups in total. The molecule has 136 valence electrons. The maximum absolute atomic E-state index is 12.5. The van der Waals surface area contributed by atoms with Gasteiger partial charge in [-0.3, -0.25) is 9.89 Å². The number of fused-ring (bicyclic) bond motifs is 1. The first kappa shape index (κ1) is 16.8. The molecule has 0 aliphatic carbocycles. The van der Waals surface area contributed by atoms with Crippen LogP contribution in [0.4, 0.5) is 0 Å². The number of benzene rings is 1. The van der Waals surface area contributed by atoms with Gasteiger partial charge in [-0.25, -0.2) is 0 Å². The van der Waals surface area contributed by atoms with Crippen LogP contribution in [0.1, 0.15) is 42.9 Å². The molecule has 0 spiro atoms. The molecule has 3 aromatic rings. The lowest BCUT2D eigenvalue weighted by atomic mass is 9.94. The van der Waals surface area contributed by atoms with Gasteiger partial charge in [-0.2, -0.15) is 5.10 Å². The van der Waals surface area contributed by atoms with Gasteiger partial charge in [0, 0.05) is 24.4 Å². The standard InChI is InChI=1S/C20H24N4O2/c1-20(2)12-15(8-10-26-20)21-19(25)17-11-16(22-23-17)13-24-9-7-14-5-3-4-6-18(14)24/h3-7,9,11,15H,8,10,12-13H2,1-2H3,(H,21,25)(H,22,23)/t15-/m0/s1. The molecule has 1 aliphatic heterocycles. The van der Waals surface area contributed by atoms with Crippen molar-refractivity contribution < 1.29 is 9.53 Å². The van der Waals surface area contributed by atoms with Crippen LogP contribution < -0.4 is 5.32 Å². The molecule has 0 radical (unpaired) electrons. The second-order valence-corrected chi connectivity index (χ2v) is 7.55. The van der Waals surface area contributed by atoms with Crippen LogP contribution in [0.15, 0.2) is 42.6 Å². The Morgan fingerprint density at radius 2 is 2.23 bits per heavy atom. The molecule has 1 fully saturated rings. The Morgan fingerprint density at radius 3 is 3.08 bits per heavy atom. The highest BCUT2D eigenvalue weighted by atomic mass is 16.5. The maximum atomic E-state index is 12.5. The highest BCUT2D eigenvalue weighted by molar-refractivity contribution is 5.92. The number of carbonyl (C=O) groups excluding carboxylic acids is 1. The lowest BCUT2D eigenvalue weighted by Crippen LogP contribution is -2.45. The van der Waals surface area contributed by atoms with Gasteiger partial charge in [-0.1, -0.05) is 18.2 Å². The molecule has 26 heavy (non-hydrogen) atoms. The van der Waals surface area contributed by atoms with Crippen LogP contribution in [0.5, 0.6) is 0 Å². The van der Waals surface area contributed by atoms with Gasteiger partial charge in [-0.15, -0.1) is 0 Å². The molecule has 4 rings (SSSR count). The van der Waals surface area contributed by atoms with E-state index >= 15 is 0 Å². The minimum atomic E-state index is -0.192. The monoisotopic (exact) mass is 352 g/mol. The quantitative estimate of drug-likeness (QED) is 0.758. The first-order chi connectivity index (χ1) is 12.5. The summed E-state index contributed by atoms with van der Waals surface area (Å²) in [6, 6.07) is 12.3.